The minimum atomic E-state index is -3.66. The summed E-state index contributed by atoms with van der Waals surface area (Å²) in [5, 5.41) is 16.5. The Kier molecular flexibility index (Phi) is 5.93. The van der Waals surface area contributed by atoms with Crippen LogP contribution in [0.4, 0.5) is 0 Å². The van der Waals surface area contributed by atoms with Crippen LogP contribution >= 0.6 is 11.3 Å². The Hall–Kier alpha value is -2.39. The van der Waals surface area contributed by atoms with Gasteiger partial charge in [0.25, 0.3) is 10.0 Å². The second-order valence-electron chi connectivity index (χ2n) is 4.77. The number of thiophene rings is 1. The van der Waals surface area contributed by atoms with Crippen LogP contribution < -0.4 is 10.4 Å². The van der Waals surface area contributed by atoms with Gasteiger partial charge in [-0.1, -0.05) is 24.3 Å². The molecule has 0 bridgehead atoms. The Morgan fingerprint density at radius 1 is 1.38 bits per heavy atom. The molecule has 1 N–H and O–H groups in total. The van der Waals surface area contributed by atoms with Gasteiger partial charge < -0.3 is 15.2 Å². The number of nitrogens with zero attached hydrogens (tertiary/aromatic N) is 1. The van der Waals surface area contributed by atoms with Crippen LogP contribution in [0.5, 0.6) is 0 Å². The van der Waals surface area contributed by atoms with Crippen LogP contribution in [0.25, 0.3) is 0 Å². The second kappa shape index (κ2) is 7.93. The third-order valence-corrected chi connectivity index (χ3v) is 4.17. The molecule has 1 aliphatic rings. The number of hydrogen-bond acceptors (Lipinski definition) is 6. The van der Waals surface area contributed by atoms with Gasteiger partial charge in [0.2, 0.25) is 5.91 Å². The Morgan fingerprint density at radius 3 is 2.79 bits per heavy atom. The van der Waals surface area contributed by atoms with E-state index in [2.05, 4.69) is 9.71 Å². The average Bonchev–Trinajstić information content (AvgIpc) is 3.03. The van der Waals surface area contributed by atoms with Crippen LogP contribution in [0.2, 0.25) is 0 Å². The van der Waals surface area contributed by atoms with Crippen molar-refractivity contribution in [3.8, 4) is 0 Å². The molecule has 0 saturated heterocycles. The second-order valence-corrected chi connectivity index (χ2v) is 7.45. The van der Waals surface area contributed by atoms with E-state index >= 15 is 0 Å². The van der Waals surface area contributed by atoms with Crippen molar-refractivity contribution in [1.29, 1.82) is 0 Å². The highest BCUT2D eigenvalue weighted by molar-refractivity contribution is 7.89. The third-order valence-electron chi connectivity index (χ3n) is 2.76. The molecule has 128 valence electrons. The van der Waals surface area contributed by atoms with Crippen LogP contribution in [0.15, 0.2) is 57.7 Å². The summed E-state index contributed by atoms with van der Waals surface area (Å²) in [6.45, 7) is -0.106. The molecular formula is C15H15N2O5S2-. The van der Waals surface area contributed by atoms with E-state index in [9.17, 15) is 18.3 Å². The Bertz CT molecular complexity index is 818. The molecule has 9 heteroatoms. The summed E-state index contributed by atoms with van der Waals surface area (Å²) in [5.41, 5.74) is -0.0435. The van der Waals surface area contributed by atoms with Crippen molar-refractivity contribution in [3.63, 3.8) is 0 Å². The van der Waals surface area contributed by atoms with Crippen molar-refractivity contribution in [2.75, 3.05) is 12.9 Å². The summed E-state index contributed by atoms with van der Waals surface area (Å²) in [6.07, 6.45) is 6.79. The smallest absolute Gasteiger partial charge is 0.250 e. The lowest BCUT2D eigenvalue weighted by atomic mass is 10.1. The summed E-state index contributed by atoms with van der Waals surface area (Å²) in [7, 11) is -3.66. The minimum absolute atomic E-state index is 0.0195. The number of allylic oxidation sites excluding steroid dienone is 5. The molecule has 1 aliphatic carbocycles. The van der Waals surface area contributed by atoms with Crippen LogP contribution in [0.1, 0.15) is 4.88 Å². The number of ether oxygens (including phenoxy) is 1. The molecule has 0 radical (unpaired) electrons. The highest BCUT2D eigenvalue weighted by atomic mass is 32.2. The summed E-state index contributed by atoms with van der Waals surface area (Å²) in [6, 6.07) is 3.74. The van der Waals surface area contributed by atoms with Crippen molar-refractivity contribution in [3.05, 3.63) is 58.2 Å². The van der Waals surface area contributed by atoms with Crippen LogP contribution in [-0.2, 0) is 26.1 Å². The molecule has 1 aromatic rings. The predicted octanol–water partition coefficient (Wildman–Crippen LogP) is 0.479. The maximum absolute atomic E-state index is 12.0. The van der Waals surface area contributed by atoms with Gasteiger partial charge in [-0.15, -0.1) is 11.3 Å². The van der Waals surface area contributed by atoms with Gasteiger partial charge in [-0.3, -0.25) is 4.79 Å². The van der Waals surface area contributed by atoms with Gasteiger partial charge in [-0.05, 0) is 17.5 Å². The van der Waals surface area contributed by atoms with E-state index in [1.54, 1.807) is 12.2 Å². The number of rotatable bonds is 6. The summed E-state index contributed by atoms with van der Waals surface area (Å²) >= 11 is 1.50. The topological polar surface area (TPSA) is 108 Å². The van der Waals surface area contributed by atoms with Crippen molar-refractivity contribution < 1.29 is 23.1 Å². The first-order chi connectivity index (χ1) is 11.3. The number of hydrogen-bond donors (Lipinski definition) is 1. The molecule has 0 spiro atoms. The van der Waals surface area contributed by atoms with Gasteiger partial charge in [0.15, 0.2) is 0 Å². The zero-order valence-electron chi connectivity index (χ0n) is 12.8. The molecule has 0 saturated carbocycles. The number of sulfonamides is 1. The van der Waals surface area contributed by atoms with E-state index in [-0.39, 0.29) is 11.3 Å². The lowest BCUT2D eigenvalue weighted by Gasteiger charge is -2.19. The van der Waals surface area contributed by atoms with E-state index in [0.29, 0.717) is 6.54 Å². The molecule has 0 aliphatic heterocycles. The van der Waals surface area contributed by atoms with E-state index in [0.717, 1.165) is 11.1 Å². The zero-order valence-corrected chi connectivity index (χ0v) is 14.4. The molecule has 0 unspecified atom stereocenters. The SMILES string of the molecule is CS(=O)(=O)N=C1C=CC=CC1=C([O-])OCC(=O)NCc1cccs1. The van der Waals surface area contributed by atoms with Crippen LogP contribution in [-0.4, -0.2) is 32.9 Å². The van der Waals surface area contributed by atoms with E-state index in [1.807, 2.05) is 17.5 Å². The fraction of sp³-hybridized carbons (Fsp3) is 0.200. The maximum Gasteiger partial charge on any atom is 0.250 e. The number of carbonyl (C=O) groups excluding carboxylic acids is 1. The van der Waals surface area contributed by atoms with E-state index in [1.165, 1.54) is 23.5 Å². The Labute approximate surface area is 143 Å². The largest absolute Gasteiger partial charge is 0.603 e. The molecule has 0 atom stereocenters. The molecule has 1 aromatic heterocycles. The lowest BCUT2D eigenvalue weighted by Crippen LogP contribution is -2.28. The number of amides is 1. The normalized spacial score (nSPS) is 17.8. The first kappa shape index (κ1) is 18.0. The van der Waals surface area contributed by atoms with Crippen molar-refractivity contribution in [2.45, 2.75) is 6.54 Å². The first-order valence-corrected chi connectivity index (χ1v) is 9.56. The van der Waals surface area contributed by atoms with Crippen LogP contribution in [0.3, 0.4) is 0 Å². The summed E-state index contributed by atoms with van der Waals surface area (Å²) in [5.74, 6) is -1.27. The highest BCUT2D eigenvalue weighted by Gasteiger charge is 2.10. The fourth-order valence-corrected chi connectivity index (χ4v) is 2.92. The van der Waals surface area contributed by atoms with Crippen LogP contribution in [0, 0.1) is 0 Å². The maximum atomic E-state index is 12.0. The zero-order chi connectivity index (χ0) is 17.6. The average molecular weight is 367 g/mol. The van der Waals surface area contributed by atoms with Gasteiger partial charge in [0.05, 0.1) is 31.1 Å². The first-order valence-electron chi connectivity index (χ1n) is 6.83. The minimum Gasteiger partial charge on any atom is -0.603 e. The van der Waals surface area contributed by atoms with Crippen molar-refractivity contribution in [2.24, 2.45) is 4.40 Å². The van der Waals surface area contributed by atoms with Crippen molar-refractivity contribution in [1.82, 2.24) is 5.32 Å². The van der Waals surface area contributed by atoms with Gasteiger partial charge in [0.1, 0.15) is 0 Å². The van der Waals surface area contributed by atoms with E-state index < -0.39 is 28.5 Å². The molecule has 0 aromatic carbocycles. The molecule has 7 nitrogen and oxygen atoms in total. The molecule has 0 fully saturated rings. The van der Waals surface area contributed by atoms with Crippen molar-refractivity contribution >= 4 is 33.0 Å². The number of nitrogens with one attached hydrogen (secondary N) is 1. The highest BCUT2D eigenvalue weighted by Crippen LogP contribution is 2.13. The summed E-state index contributed by atoms with van der Waals surface area (Å²) < 4.78 is 30.9. The monoisotopic (exact) mass is 367 g/mol. The van der Waals surface area contributed by atoms with Gasteiger partial charge in [0, 0.05) is 10.5 Å². The van der Waals surface area contributed by atoms with Gasteiger partial charge in [-0.2, -0.15) is 4.40 Å². The Balaban J connectivity index is 1.98. The molecule has 24 heavy (non-hydrogen) atoms. The Morgan fingerprint density at radius 2 is 2.12 bits per heavy atom. The number of carbonyl (C=O) groups is 1. The third kappa shape index (κ3) is 5.67. The van der Waals surface area contributed by atoms with Gasteiger partial charge in [-0.25, -0.2) is 8.42 Å². The predicted molar refractivity (Wildman–Crippen MR) is 89.7 cm³/mol. The van der Waals surface area contributed by atoms with Gasteiger partial charge >= 0.3 is 0 Å². The quantitative estimate of drug-likeness (QED) is 0.736. The molecule has 1 amide bonds. The molecular weight excluding hydrogens is 352 g/mol. The molecule has 2 rings (SSSR count). The lowest BCUT2D eigenvalue weighted by molar-refractivity contribution is -0.356. The molecule has 1 heterocycles. The standard InChI is InChI=1S/C15H16N2O5S2/c1-24(20,21)17-13-7-3-2-6-12(13)15(19)22-10-14(18)16-9-11-5-4-8-23-11/h2-8,19H,9-10H2,1H3,(H,16,18)/p-1. The van der Waals surface area contributed by atoms with E-state index in [4.69, 9.17) is 4.74 Å². The fourth-order valence-electron chi connectivity index (χ4n) is 1.76. The summed E-state index contributed by atoms with van der Waals surface area (Å²) in [4.78, 5) is 12.7.